The topological polar surface area (TPSA) is 74.3 Å². The molecule has 0 amide bonds. The number of methoxy groups -OCH3 is 1. The van der Waals surface area contributed by atoms with Crippen LogP contribution in [0.15, 0.2) is 48.7 Å². The lowest BCUT2D eigenvalue weighted by atomic mass is 10.2. The minimum atomic E-state index is 0.562. The molecular weight excluding hydrogens is 388 g/mol. The maximum atomic E-state index is 5.43. The highest BCUT2D eigenvalue weighted by atomic mass is 16.5. The van der Waals surface area contributed by atoms with Gasteiger partial charge in [0.1, 0.15) is 11.6 Å². The SMILES string of the molecule is COc1cc(Nc2nc(Nc3cccc(CN4CCNCC4)c3)ncc2C)ccc1C. The molecule has 2 heterocycles. The summed E-state index contributed by atoms with van der Waals surface area (Å²) in [6.45, 7) is 9.24. The normalized spacial score (nSPS) is 14.3. The standard InChI is InChI=1S/C24H30N6O/c1-17-7-8-21(14-22(17)31-3)27-23-18(2)15-26-24(29-23)28-20-6-4-5-19(13-20)16-30-11-9-25-10-12-30/h4-8,13-15,25H,9-12,16H2,1-3H3,(H2,26,27,28,29). The van der Waals surface area contributed by atoms with Crippen molar-refractivity contribution in [3.05, 3.63) is 65.4 Å². The van der Waals surface area contributed by atoms with Gasteiger partial charge in [-0.3, -0.25) is 4.90 Å². The molecule has 3 aromatic rings. The van der Waals surface area contributed by atoms with Crippen LogP contribution in [-0.4, -0.2) is 48.2 Å². The van der Waals surface area contributed by atoms with E-state index in [4.69, 9.17) is 9.72 Å². The number of anilines is 4. The molecular formula is C24H30N6O. The number of hydrogen-bond acceptors (Lipinski definition) is 7. The van der Waals surface area contributed by atoms with Crippen molar-refractivity contribution in [1.29, 1.82) is 0 Å². The Bertz CT molecular complexity index is 1030. The highest BCUT2D eigenvalue weighted by Crippen LogP contribution is 2.26. The first-order valence-corrected chi connectivity index (χ1v) is 10.6. The van der Waals surface area contributed by atoms with Crippen molar-refractivity contribution in [3.63, 3.8) is 0 Å². The molecule has 162 valence electrons. The molecule has 4 rings (SSSR count). The van der Waals surface area contributed by atoms with Crippen molar-refractivity contribution in [3.8, 4) is 5.75 Å². The van der Waals surface area contributed by atoms with Gasteiger partial charge < -0.3 is 20.7 Å². The molecule has 7 heteroatoms. The Labute approximate surface area is 183 Å². The Morgan fingerprint density at radius 3 is 2.61 bits per heavy atom. The lowest BCUT2D eigenvalue weighted by Gasteiger charge is -2.27. The van der Waals surface area contributed by atoms with Crippen LogP contribution in [-0.2, 0) is 6.54 Å². The molecule has 0 unspecified atom stereocenters. The van der Waals surface area contributed by atoms with Crippen LogP contribution in [0.1, 0.15) is 16.7 Å². The number of aromatic nitrogens is 2. The maximum absolute atomic E-state index is 5.43. The van der Waals surface area contributed by atoms with Crippen LogP contribution in [0.3, 0.4) is 0 Å². The van der Waals surface area contributed by atoms with Gasteiger partial charge >= 0.3 is 0 Å². The van der Waals surface area contributed by atoms with Crippen LogP contribution in [0.2, 0.25) is 0 Å². The van der Waals surface area contributed by atoms with Gasteiger partial charge in [0.15, 0.2) is 0 Å². The zero-order valence-corrected chi connectivity index (χ0v) is 18.4. The quantitative estimate of drug-likeness (QED) is 0.536. The first kappa shape index (κ1) is 21.1. The number of piperazine rings is 1. The molecule has 0 bridgehead atoms. The van der Waals surface area contributed by atoms with Gasteiger partial charge in [-0.25, -0.2) is 4.98 Å². The first-order chi connectivity index (χ1) is 15.1. The smallest absolute Gasteiger partial charge is 0.229 e. The van der Waals surface area contributed by atoms with Gasteiger partial charge in [0.05, 0.1) is 7.11 Å². The third-order valence-corrected chi connectivity index (χ3v) is 5.44. The average Bonchev–Trinajstić information content (AvgIpc) is 2.78. The summed E-state index contributed by atoms with van der Waals surface area (Å²) in [5.74, 6) is 2.17. The Morgan fingerprint density at radius 2 is 1.81 bits per heavy atom. The Balaban J connectivity index is 1.47. The zero-order valence-electron chi connectivity index (χ0n) is 18.4. The summed E-state index contributed by atoms with van der Waals surface area (Å²) >= 11 is 0. The molecule has 0 aliphatic carbocycles. The van der Waals surface area contributed by atoms with Crippen LogP contribution in [0.25, 0.3) is 0 Å². The Kier molecular flexibility index (Phi) is 6.64. The highest BCUT2D eigenvalue weighted by molar-refractivity contribution is 5.64. The lowest BCUT2D eigenvalue weighted by molar-refractivity contribution is 0.233. The number of ether oxygens (including phenoxy) is 1. The minimum Gasteiger partial charge on any atom is -0.496 e. The fourth-order valence-corrected chi connectivity index (χ4v) is 3.67. The van der Waals surface area contributed by atoms with Gasteiger partial charge in [0.2, 0.25) is 5.95 Å². The molecule has 0 radical (unpaired) electrons. The predicted octanol–water partition coefficient (Wildman–Crippen LogP) is 3.99. The van der Waals surface area contributed by atoms with E-state index in [1.165, 1.54) is 5.56 Å². The number of benzene rings is 2. The van der Waals surface area contributed by atoms with Gasteiger partial charge in [-0.15, -0.1) is 0 Å². The highest BCUT2D eigenvalue weighted by Gasteiger charge is 2.11. The second kappa shape index (κ2) is 9.76. The van der Waals surface area contributed by atoms with Gasteiger partial charge in [-0.1, -0.05) is 18.2 Å². The lowest BCUT2D eigenvalue weighted by Crippen LogP contribution is -2.42. The molecule has 31 heavy (non-hydrogen) atoms. The molecule has 1 aromatic heterocycles. The number of aryl methyl sites for hydroxylation is 2. The van der Waals surface area contributed by atoms with E-state index in [1.807, 2.05) is 44.3 Å². The van der Waals surface area contributed by atoms with E-state index in [2.05, 4.69) is 44.0 Å². The summed E-state index contributed by atoms with van der Waals surface area (Å²) in [5.41, 5.74) is 5.25. The summed E-state index contributed by atoms with van der Waals surface area (Å²) in [7, 11) is 1.68. The molecule has 1 saturated heterocycles. The van der Waals surface area contributed by atoms with Crippen LogP contribution < -0.4 is 20.7 Å². The van der Waals surface area contributed by atoms with Crippen LogP contribution >= 0.6 is 0 Å². The molecule has 0 saturated carbocycles. The molecule has 3 N–H and O–H groups in total. The van der Waals surface area contributed by atoms with E-state index in [1.54, 1.807) is 7.11 Å². The van der Waals surface area contributed by atoms with E-state index in [0.717, 1.165) is 66.8 Å². The second-order valence-electron chi connectivity index (χ2n) is 7.89. The largest absolute Gasteiger partial charge is 0.496 e. The number of nitrogens with zero attached hydrogens (tertiary/aromatic N) is 3. The molecule has 0 atom stereocenters. The summed E-state index contributed by atoms with van der Waals surface area (Å²) in [6.07, 6.45) is 1.83. The van der Waals surface area contributed by atoms with E-state index >= 15 is 0 Å². The third kappa shape index (κ3) is 5.51. The minimum absolute atomic E-state index is 0.562. The summed E-state index contributed by atoms with van der Waals surface area (Å²) < 4.78 is 5.43. The van der Waals surface area contributed by atoms with Crippen molar-refractivity contribution >= 4 is 23.1 Å². The van der Waals surface area contributed by atoms with E-state index in [0.29, 0.717) is 5.95 Å². The van der Waals surface area contributed by atoms with Gasteiger partial charge in [-0.05, 0) is 43.2 Å². The summed E-state index contributed by atoms with van der Waals surface area (Å²) in [4.78, 5) is 11.6. The molecule has 1 aliphatic rings. The van der Waals surface area contributed by atoms with Crippen molar-refractivity contribution in [1.82, 2.24) is 20.2 Å². The molecule has 0 spiro atoms. The summed E-state index contributed by atoms with van der Waals surface area (Å²) in [6, 6.07) is 14.5. The molecule has 2 aromatic carbocycles. The van der Waals surface area contributed by atoms with Crippen LogP contribution in [0.4, 0.5) is 23.1 Å². The number of rotatable bonds is 7. The zero-order chi connectivity index (χ0) is 21.6. The molecule has 1 aliphatic heterocycles. The van der Waals surface area contributed by atoms with E-state index in [9.17, 15) is 0 Å². The number of hydrogen-bond donors (Lipinski definition) is 3. The predicted molar refractivity (Wildman–Crippen MR) is 126 cm³/mol. The average molecular weight is 419 g/mol. The maximum Gasteiger partial charge on any atom is 0.229 e. The third-order valence-electron chi connectivity index (χ3n) is 5.44. The Morgan fingerprint density at radius 1 is 1.00 bits per heavy atom. The van der Waals surface area contributed by atoms with Crippen molar-refractivity contribution in [2.75, 3.05) is 43.9 Å². The fourth-order valence-electron chi connectivity index (χ4n) is 3.67. The fraction of sp³-hybridized carbons (Fsp3) is 0.333. The van der Waals surface area contributed by atoms with Crippen LogP contribution in [0.5, 0.6) is 5.75 Å². The monoisotopic (exact) mass is 418 g/mol. The first-order valence-electron chi connectivity index (χ1n) is 10.6. The molecule has 1 fully saturated rings. The van der Waals surface area contributed by atoms with Crippen molar-refractivity contribution in [2.24, 2.45) is 0 Å². The Hall–Kier alpha value is -3.16. The number of nitrogens with one attached hydrogen (secondary N) is 3. The van der Waals surface area contributed by atoms with Crippen molar-refractivity contribution in [2.45, 2.75) is 20.4 Å². The van der Waals surface area contributed by atoms with Gasteiger partial charge in [0.25, 0.3) is 0 Å². The van der Waals surface area contributed by atoms with Gasteiger partial charge in [-0.2, -0.15) is 4.98 Å². The second-order valence-corrected chi connectivity index (χ2v) is 7.89. The van der Waals surface area contributed by atoms with Crippen LogP contribution in [0, 0.1) is 13.8 Å². The van der Waals surface area contributed by atoms with Gasteiger partial charge in [0, 0.05) is 61.9 Å². The van der Waals surface area contributed by atoms with E-state index in [-0.39, 0.29) is 0 Å². The molecule has 7 nitrogen and oxygen atoms in total. The van der Waals surface area contributed by atoms with Crippen molar-refractivity contribution < 1.29 is 4.74 Å². The van der Waals surface area contributed by atoms with E-state index < -0.39 is 0 Å². The summed E-state index contributed by atoms with van der Waals surface area (Å²) in [5, 5.41) is 10.1.